The highest BCUT2D eigenvalue weighted by Gasteiger charge is 2.27. The predicted molar refractivity (Wildman–Crippen MR) is 142 cm³/mol. The minimum atomic E-state index is -1.13. The van der Waals surface area contributed by atoms with Crippen molar-refractivity contribution in [2.75, 3.05) is 11.9 Å². The molecule has 37 heavy (non-hydrogen) atoms. The van der Waals surface area contributed by atoms with E-state index in [9.17, 15) is 19.2 Å². The van der Waals surface area contributed by atoms with Crippen molar-refractivity contribution in [2.24, 2.45) is 10.9 Å². The molecule has 0 radical (unpaired) electrons. The summed E-state index contributed by atoms with van der Waals surface area (Å²) in [5, 5.41) is 11.5. The number of hydrogen-bond donors (Lipinski definition) is 4. The lowest BCUT2D eigenvalue weighted by atomic mass is 10.1. The van der Waals surface area contributed by atoms with Crippen molar-refractivity contribution in [1.82, 2.24) is 10.6 Å². The van der Waals surface area contributed by atoms with Gasteiger partial charge in [0, 0.05) is 25.1 Å². The number of nitrogens with two attached hydrogens (primary N) is 1. The first-order chi connectivity index (χ1) is 17.6. The Kier molecular flexibility index (Phi) is 11.3. The van der Waals surface area contributed by atoms with Crippen LogP contribution in [0.25, 0.3) is 0 Å². The summed E-state index contributed by atoms with van der Waals surface area (Å²) >= 11 is 0. The average Bonchev–Trinajstić information content (AvgIpc) is 2.83. The number of anilines is 1. The maximum atomic E-state index is 12.8. The zero-order valence-corrected chi connectivity index (χ0v) is 21.5. The summed E-state index contributed by atoms with van der Waals surface area (Å²) in [5.74, 6) is 3.10. The maximum Gasteiger partial charge on any atom is 0.308 e. The van der Waals surface area contributed by atoms with Gasteiger partial charge in [-0.1, -0.05) is 42.5 Å². The van der Waals surface area contributed by atoms with Crippen molar-refractivity contribution in [1.29, 1.82) is 0 Å². The summed E-state index contributed by atoms with van der Waals surface area (Å²) in [5.41, 5.74) is 1.64. The van der Waals surface area contributed by atoms with Crippen molar-refractivity contribution in [3.8, 4) is 0 Å². The van der Waals surface area contributed by atoms with Gasteiger partial charge in [0.25, 0.3) is 0 Å². The summed E-state index contributed by atoms with van der Waals surface area (Å²) in [4.78, 5) is 50.0. The van der Waals surface area contributed by atoms with Crippen molar-refractivity contribution >= 4 is 35.6 Å². The van der Waals surface area contributed by atoms with Crippen molar-refractivity contribution < 1.29 is 23.9 Å². The Hall–Kier alpha value is -4.21. The van der Waals surface area contributed by atoms with Crippen molar-refractivity contribution in [3.05, 3.63) is 65.7 Å². The largest absolute Gasteiger partial charge is 0.460 e. The monoisotopic (exact) mass is 509 g/mol. The van der Waals surface area contributed by atoms with Gasteiger partial charge in [-0.25, -0.2) is 0 Å². The van der Waals surface area contributed by atoms with Gasteiger partial charge in [-0.3, -0.25) is 19.2 Å². The lowest BCUT2D eigenvalue weighted by Gasteiger charge is -2.22. The average molecular weight is 510 g/mol. The molecule has 0 saturated heterocycles. The van der Waals surface area contributed by atoms with Crippen LogP contribution in [0.5, 0.6) is 0 Å². The number of carbonyl (C=O) groups is 4. The normalized spacial score (nSPS) is 12.0. The third-order valence-corrected chi connectivity index (χ3v) is 5.00. The molecule has 2 aromatic rings. The van der Waals surface area contributed by atoms with E-state index in [0.29, 0.717) is 18.7 Å². The third kappa shape index (κ3) is 11.9. The van der Waals surface area contributed by atoms with Gasteiger partial charge in [0.15, 0.2) is 0 Å². The van der Waals surface area contributed by atoms with E-state index in [1.54, 1.807) is 45.0 Å². The molecule has 5 N–H and O–H groups in total. The minimum absolute atomic E-state index is 0.105. The molecule has 1 unspecified atom stereocenters. The molecular weight excluding hydrogens is 474 g/mol. The molecule has 0 saturated carbocycles. The molecular formula is C27H35N5O5. The number of hydrazone groups is 1. The molecule has 198 valence electrons. The SMILES string of the molecule is CC(C)(C)OC(=O)CC(NC(=O)CCC(=O)Nc1ccc(C=NN)cc1)C(=O)NCCc1ccccc1. The van der Waals surface area contributed by atoms with Gasteiger partial charge in [0.1, 0.15) is 11.6 Å². The van der Waals surface area contributed by atoms with E-state index < -0.39 is 29.4 Å². The highest BCUT2D eigenvalue weighted by Crippen LogP contribution is 2.11. The van der Waals surface area contributed by atoms with Crippen LogP contribution in [-0.2, 0) is 30.3 Å². The van der Waals surface area contributed by atoms with Crippen LogP contribution in [0.15, 0.2) is 59.7 Å². The van der Waals surface area contributed by atoms with Gasteiger partial charge in [0.05, 0.1) is 12.6 Å². The van der Waals surface area contributed by atoms with Gasteiger partial charge in [-0.05, 0) is 50.5 Å². The van der Waals surface area contributed by atoms with Crippen LogP contribution < -0.4 is 21.8 Å². The van der Waals surface area contributed by atoms with E-state index in [1.807, 2.05) is 30.3 Å². The first kappa shape index (κ1) is 29.0. The van der Waals surface area contributed by atoms with Gasteiger partial charge in [-0.2, -0.15) is 5.10 Å². The fourth-order valence-electron chi connectivity index (χ4n) is 3.31. The molecule has 10 nitrogen and oxygen atoms in total. The quantitative estimate of drug-likeness (QED) is 0.149. The van der Waals surface area contributed by atoms with E-state index >= 15 is 0 Å². The summed E-state index contributed by atoms with van der Waals surface area (Å²) in [7, 11) is 0. The molecule has 0 aliphatic carbocycles. The van der Waals surface area contributed by atoms with Gasteiger partial charge < -0.3 is 26.5 Å². The second-order valence-electron chi connectivity index (χ2n) is 9.39. The number of ether oxygens (including phenoxy) is 1. The Bertz CT molecular complexity index is 1080. The smallest absolute Gasteiger partial charge is 0.308 e. The van der Waals surface area contributed by atoms with E-state index in [4.69, 9.17) is 10.6 Å². The standard InChI is InChI=1S/C27H35N5O5/c1-27(2,3)37-25(35)17-22(26(36)29-16-15-19-7-5-4-6-8-19)32-24(34)14-13-23(33)31-21-11-9-20(10-12-21)18-30-28/h4-12,18,22H,13-17,28H2,1-3H3,(H,29,36)(H,31,33)(H,32,34). The van der Waals surface area contributed by atoms with Crippen LogP contribution in [0.4, 0.5) is 5.69 Å². The number of carbonyl (C=O) groups excluding carboxylic acids is 4. The summed E-state index contributed by atoms with van der Waals surface area (Å²) in [6.07, 6.45) is 1.48. The fraction of sp³-hybridized carbons (Fsp3) is 0.370. The molecule has 0 bridgehead atoms. The summed E-state index contributed by atoms with van der Waals surface area (Å²) in [6.45, 7) is 5.49. The molecule has 0 spiro atoms. The molecule has 0 heterocycles. The predicted octanol–water partition coefficient (Wildman–Crippen LogP) is 2.27. The number of nitrogens with one attached hydrogen (secondary N) is 3. The van der Waals surface area contributed by atoms with E-state index in [2.05, 4.69) is 21.1 Å². The van der Waals surface area contributed by atoms with Crippen LogP contribution in [0, 0.1) is 0 Å². The summed E-state index contributed by atoms with van der Waals surface area (Å²) < 4.78 is 5.31. The van der Waals surface area contributed by atoms with Gasteiger partial charge in [0.2, 0.25) is 17.7 Å². The van der Waals surface area contributed by atoms with Crippen LogP contribution in [0.1, 0.15) is 51.2 Å². The summed E-state index contributed by atoms with van der Waals surface area (Å²) in [6, 6.07) is 15.3. The molecule has 2 rings (SSSR count). The Morgan fingerprint density at radius 1 is 0.973 bits per heavy atom. The molecule has 3 amide bonds. The first-order valence-corrected chi connectivity index (χ1v) is 12.0. The van der Waals surface area contributed by atoms with E-state index in [-0.39, 0.29) is 25.2 Å². The Morgan fingerprint density at radius 2 is 1.62 bits per heavy atom. The number of hydrogen-bond acceptors (Lipinski definition) is 7. The number of rotatable bonds is 12. The molecule has 0 aliphatic rings. The molecule has 10 heteroatoms. The van der Waals surface area contributed by atoms with Crippen LogP contribution >= 0.6 is 0 Å². The maximum absolute atomic E-state index is 12.8. The van der Waals surface area contributed by atoms with E-state index in [0.717, 1.165) is 11.1 Å². The van der Waals surface area contributed by atoms with Crippen LogP contribution in [0.2, 0.25) is 0 Å². The molecule has 1 atom stereocenters. The number of amides is 3. The Morgan fingerprint density at radius 3 is 2.24 bits per heavy atom. The van der Waals surface area contributed by atoms with Gasteiger partial charge >= 0.3 is 5.97 Å². The molecule has 0 aliphatic heterocycles. The molecule has 0 aromatic heterocycles. The third-order valence-electron chi connectivity index (χ3n) is 5.00. The number of nitrogens with zero attached hydrogens (tertiary/aromatic N) is 1. The minimum Gasteiger partial charge on any atom is -0.460 e. The van der Waals surface area contributed by atoms with Gasteiger partial charge in [-0.15, -0.1) is 0 Å². The topological polar surface area (TPSA) is 152 Å². The Balaban J connectivity index is 1.90. The lowest BCUT2D eigenvalue weighted by molar-refractivity contribution is -0.156. The zero-order chi connectivity index (χ0) is 27.3. The van der Waals surface area contributed by atoms with E-state index in [1.165, 1.54) is 6.21 Å². The zero-order valence-electron chi connectivity index (χ0n) is 21.5. The lowest BCUT2D eigenvalue weighted by Crippen LogP contribution is -2.48. The second-order valence-corrected chi connectivity index (χ2v) is 9.39. The highest BCUT2D eigenvalue weighted by atomic mass is 16.6. The second kappa shape index (κ2) is 14.4. The highest BCUT2D eigenvalue weighted by molar-refractivity contribution is 5.95. The van der Waals surface area contributed by atoms with Crippen molar-refractivity contribution in [3.63, 3.8) is 0 Å². The number of esters is 1. The van der Waals surface area contributed by atoms with Crippen LogP contribution in [-0.4, -0.2) is 48.1 Å². The fourth-order valence-corrected chi connectivity index (χ4v) is 3.31. The van der Waals surface area contributed by atoms with Crippen LogP contribution in [0.3, 0.4) is 0 Å². The molecule has 2 aromatic carbocycles. The Labute approximate surface area is 217 Å². The van der Waals surface area contributed by atoms with Crippen molar-refractivity contribution in [2.45, 2.75) is 58.1 Å². The number of benzene rings is 2. The molecule has 0 fully saturated rings. The first-order valence-electron chi connectivity index (χ1n) is 12.0.